The monoisotopic (exact) mass is 266 g/mol. The van der Waals surface area contributed by atoms with Gasteiger partial charge >= 0.3 is 0 Å². The third-order valence-electron chi connectivity index (χ3n) is 2.91. The molecule has 0 saturated heterocycles. The number of hydrogen-bond acceptors (Lipinski definition) is 2. The lowest BCUT2D eigenvalue weighted by atomic mass is 10.1. The van der Waals surface area contributed by atoms with E-state index in [-0.39, 0.29) is 5.91 Å². The van der Waals surface area contributed by atoms with Crippen LogP contribution in [0.2, 0.25) is 0 Å². The summed E-state index contributed by atoms with van der Waals surface area (Å²) >= 11 is 0. The molecule has 0 heterocycles. The van der Waals surface area contributed by atoms with Crippen LogP contribution in [0.15, 0.2) is 54.6 Å². The second-order valence-corrected chi connectivity index (χ2v) is 4.71. The highest BCUT2D eigenvalue weighted by Crippen LogP contribution is 2.07. The van der Waals surface area contributed by atoms with Crippen molar-refractivity contribution in [1.29, 1.82) is 0 Å². The van der Waals surface area contributed by atoms with Crippen molar-refractivity contribution in [3.8, 4) is 0 Å². The molecule has 0 saturated carbocycles. The Kier molecular flexibility index (Phi) is 4.56. The van der Waals surface area contributed by atoms with Crippen LogP contribution in [0, 0.1) is 6.92 Å². The number of nitrogens with two attached hydrogens (primary N) is 1. The number of anilines is 1. The maximum atomic E-state index is 11.7. The maximum Gasteiger partial charge on any atom is 0.244 e. The summed E-state index contributed by atoms with van der Waals surface area (Å²) in [5, 5.41) is 2.86. The number of aryl methyl sites for hydroxylation is 1. The Bertz CT molecular complexity index is 615. The Hall–Kier alpha value is -2.55. The summed E-state index contributed by atoms with van der Waals surface area (Å²) in [6, 6.07) is 15.4. The van der Waals surface area contributed by atoms with E-state index in [1.165, 1.54) is 11.6 Å². The van der Waals surface area contributed by atoms with Gasteiger partial charge < -0.3 is 11.1 Å². The molecule has 0 aliphatic carbocycles. The summed E-state index contributed by atoms with van der Waals surface area (Å²) in [7, 11) is 0. The van der Waals surface area contributed by atoms with Gasteiger partial charge in [0.25, 0.3) is 0 Å². The number of carbonyl (C=O) groups excluding carboxylic acids is 1. The number of benzene rings is 2. The van der Waals surface area contributed by atoms with Crippen molar-refractivity contribution in [3.05, 3.63) is 71.3 Å². The predicted octanol–water partition coefficient (Wildman–Crippen LogP) is 2.91. The second-order valence-electron chi connectivity index (χ2n) is 4.71. The van der Waals surface area contributed by atoms with Gasteiger partial charge in [-0.2, -0.15) is 0 Å². The molecule has 0 aromatic heterocycles. The molecule has 0 aliphatic heterocycles. The first kappa shape index (κ1) is 13.9. The van der Waals surface area contributed by atoms with E-state index >= 15 is 0 Å². The molecule has 0 spiro atoms. The molecule has 102 valence electrons. The fraction of sp³-hybridized carbons (Fsp3) is 0.118. The number of hydrogen-bond donors (Lipinski definition) is 2. The average molecular weight is 266 g/mol. The van der Waals surface area contributed by atoms with Crippen molar-refractivity contribution in [2.75, 3.05) is 5.73 Å². The summed E-state index contributed by atoms with van der Waals surface area (Å²) in [5.74, 6) is -0.108. The van der Waals surface area contributed by atoms with Gasteiger partial charge in [0.1, 0.15) is 0 Å². The zero-order valence-electron chi connectivity index (χ0n) is 11.5. The molecule has 0 atom stereocenters. The molecule has 3 heteroatoms. The summed E-state index contributed by atoms with van der Waals surface area (Å²) in [4.78, 5) is 11.7. The highest BCUT2D eigenvalue weighted by atomic mass is 16.1. The zero-order chi connectivity index (χ0) is 14.4. The minimum atomic E-state index is -0.108. The van der Waals surface area contributed by atoms with E-state index < -0.39 is 0 Å². The average Bonchev–Trinajstić information content (AvgIpc) is 2.45. The van der Waals surface area contributed by atoms with Gasteiger partial charge in [-0.25, -0.2) is 0 Å². The van der Waals surface area contributed by atoms with Crippen LogP contribution >= 0.6 is 0 Å². The maximum absolute atomic E-state index is 11.7. The predicted molar refractivity (Wildman–Crippen MR) is 82.9 cm³/mol. The number of nitrogen functional groups attached to an aromatic ring is 1. The minimum absolute atomic E-state index is 0.108. The third-order valence-corrected chi connectivity index (χ3v) is 2.91. The van der Waals surface area contributed by atoms with Gasteiger partial charge in [-0.3, -0.25) is 4.79 Å². The van der Waals surface area contributed by atoms with Crippen LogP contribution in [0.4, 0.5) is 5.69 Å². The Morgan fingerprint density at radius 2 is 1.95 bits per heavy atom. The van der Waals surface area contributed by atoms with E-state index in [0.717, 1.165) is 11.1 Å². The Labute approximate surface area is 119 Å². The van der Waals surface area contributed by atoms with Crippen molar-refractivity contribution in [1.82, 2.24) is 5.32 Å². The van der Waals surface area contributed by atoms with Crippen molar-refractivity contribution < 1.29 is 4.79 Å². The van der Waals surface area contributed by atoms with Gasteiger partial charge in [0, 0.05) is 18.3 Å². The van der Waals surface area contributed by atoms with E-state index in [1.54, 1.807) is 6.08 Å². The standard InChI is InChI=1S/C17H18N2O/c1-13-3-2-4-15(11-13)12-19-17(20)10-7-14-5-8-16(18)9-6-14/h2-11H,12,18H2,1H3,(H,19,20)/b10-7+. The number of nitrogens with one attached hydrogen (secondary N) is 1. The highest BCUT2D eigenvalue weighted by Gasteiger charge is 1.97. The molecule has 0 radical (unpaired) electrons. The smallest absolute Gasteiger partial charge is 0.244 e. The van der Waals surface area contributed by atoms with Crippen LogP contribution in [0.5, 0.6) is 0 Å². The van der Waals surface area contributed by atoms with E-state index in [9.17, 15) is 4.79 Å². The first-order valence-corrected chi connectivity index (χ1v) is 6.50. The lowest BCUT2D eigenvalue weighted by molar-refractivity contribution is -0.116. The van der Waals surface area contributed by atoms with E-state index in [4.69, 9.17) is 5.73 Å². The minimum Gasteiger partial charge on any atom is -0.399 e. The normalized spacial score (nSPS) is 10.7. The molecular formula is C17H18N2O. The summed E-state index contributed by atoms with van der Waals surface area (Å²) in [5.41, 5.74) is 9.55. The molecule has 1 amide bonds. The molecule has 0 bridgehead atoms. The molecule has 0 fully saturated rings. The molecule has 2 aromatic carbocycles. The van der Waals surface area contributed by atoms with E-state index in [0.29, 0.717) is 12.2 Å². The van der Waals surface area contributed by atoms with Gasteiger partial charge in [0.2, 0.25) is 5.91 Å². The second kappa shape index (κ2) is 6.57. The summed E-state index contributed by atoms with van der Waals surface area (Å²) in [6.07, 6.45) is 3.30. The van der Waals surface area contributed by atoms with E-state index in [1.807, 2.05) is 49.4 Å². The van der Waals surface area contributed by atoms with Gasteiger partial charge in [-0.1, -0.05) is 42.0 Å². The first-order valence-electron chi connectivity index (χ1n) is 6.50. The van der Waals surface area contributed by atoms with Crippen LogP contribution in [0.1, 0.15) is 16.7 Å². The SMILES string of the molecule is Cc1cccc(CNC(=O)/C=C/c2ccc(N)cc2)c1. The fourth-order valence-electron chi connectivity index (χ4n) is 1.85. The van der Waals surface area contributed by atoms with Crippen molar-refractivity contribution >= 4 is 17.7 Å². The van der Waals surface area contributed by atoms with Crippen molar-refractivity contribution in [3.63, 3.8) is 0 Å². The highest BCUT2D eigenvalue weighted by molar-refractivity contribution is 5.91. The molecular weight excluding hydrogens is 248 g/mol. The molecule has 2 rings (SSSR count). The largest absolute Gasteiger partial charge is 0.399 e. The Balaban J connectivity index is 1.88. The van der Waals surface area contributed by atoms with Gasteiger partial charge in [0.05, 0.1) is 0 Å². The summed E-state index contributed by atoms with van der Waals surface area (Å²) in [6.45, 7) is 2.57. The number of rotatable bonds is 4. The van der Waals surface area contributed by atoms with Crippen LogP contribution < -0.4 is 11.1 Å². The van der Waals surface area contributed by atoms with Crippen LogP contribution in [0.25, 0.3) is 6.08 Å². The Morgan fingerprint density at radius 1 is 1.20 bits per heavy atom. The van der Waals surface area contributed by atoms with Crippen LogP contribution in [-0.4, -0.2) is 5.91 Å². The molecule has 2 aromatic rings. The van der Waals surface area contributed by atoms with Crippen molar-refractivity contribution in [2.45, 2.75) is 13.5 Å². The zero-order valence-corrected chi connectivity index (χ0v) is 11.5. The van der Waals surface area contributed by atoms with Gasteiger partial charge in [0.15, 0.2) is 0 Å². The molecule has 3 nitrogen and oxygen atoms in total. The van der Waals surface area contributed by atoms with Gasteiger partial charge in [-0.05, 0) is 36.3 Å². The Morgan fingerprint density at radius 3 is 2.65 bits per heavy atom. The lowest BCUT2D eigenvalue weighted by Crippen LogP contribution is -2.20. The number of amides is 1. The summed E-state index contributed by atoms with van der Waals surface area (Å²) < 4.78 is 0. The number of carbonyl (C=O) groups is 1. The molecule has 3 N–H and O–H groups in total. The van der Waals surface area contributed by atoms with Crippen LogP contribution in [-0.2, 0) is 11.3 Å². The first-order chi connectivity index (χ1) is 9.63. The molecule has 0 aliphatic rings. The van der Waals surface area contributed by atoms with Crippen LogP contribution in [0.3, 0.4) is 0 Å². The van der Waals surface area contributed by atoms with Crippen molar-refractivity contribution in [2.24, 2.45) is 0 Å². The molecule has 20 heavy (non-hydrogen) atoms. The molecule has 0 unspecified atom stereocenters. The van der Waals surface area contributed by atoms with E-state index in [2.05, 4.69) is 11.4 Å². The topological polar surface area (TPSA) is 55.1 Å². The fourth-order valence-corrected chi connectivity index (χ4v) is 1.85. The quantitative estimate of drug-likeness (QED) is 0.660. The van der Waals surface area contributed by atoms with Gasteiger partial charge in [-0.15, -0.1) is 0 Å². The third kappa shape index (κ3) is 4.28. The lowest BCUT2D eigenvalue weighted by Gasteiger charge is -2.03.